The summed E-state index contributed by atoms with van der Waals surface area (Å²) in [5.41, 5.74) is 5.01. The minimum atomic E-state index is 0.590. The summed E-state index contributed by atoms with van der Waals surface area (Å²) >= 11 is 0. The second-order valence-corrected chi connectivity index (χ2v) is 4.94. The quantitative estimate of drug-likeness (QED) is 0.869. The molecular formula is C16H20N2. The standard InChI is InChI=1S/C16H20N2/c1-12(2)15-6-4-14(5-7-15)10-18-16-11-17-9-8-13(16)3/h4-9,11-12,18H,10H2,1-3H3. The van der Waals surface area contributed by atoms with Crippen molar-refractivity contribution in [3.05, 3.63) is 59.4 Å². The molecule has 0 radical (unpaired) electrons. The molecule has 18 heavy (non-hydrogen) atoms. The van der Waals surface area contributed by atoms with Gasteiger partial charge in [0.2, 0.25) is 0 Å². The number of hydrogen-bond acceptors (Lipinski definition) is 2. The van der Waals surface area contributed by atoms with Crippen LogP contribution in [0.4, 0.5) is 5.69 Å². The van der Waals surface area contributed by atoms with E-state index in [1.165, 1.54) is 16.7 Å². The predicted molar refractivity (Wildman–Crippen MR) is 76.8 cm³/mol. The van der Waals surface area contributed by atoms with Crippen LogP contribution >= 0.6 is 0 Å². The zero-order valence-corrected chi connectivity index (χ0v) is 11.3. The van der Waals surface area contributed by atoms with Gasteiger partial charge in [0.05, 0.1) is 11.9 Å². The van der Waals surface area contributed by atoms with Gasteiger partial charge >= 0.3 is 0 Å². The SMILES string of the molecule is Cc1ccncc1NCc1ccc(C(C)C)cc1. The number of hydrogen-bond donors (Lipinski definition) is 1. The number of nitrogens with zero attached hydrogens (tertiary/aromatic N) is 1. The molecule has 2 rings (SSSR count). The fourth-order valence-electron chi connectivity index (χ4n) is 1.87. The van der Waals surface area contributed by atoms with Crippen molar-refractivity contribution in [2.24, 2.45) is 0 Å². The summed E-state index contributed by atoms with van der Waals surface area (Å²) in [7, 11) is 0. The number of aromatic nitrogens is 1. The van der Waals surface area contributed by atoms with Crippen LogP contribution in [-0.2, 0) is 6.54 Å². The zero-order valence-electron chi connectivity index (χ0n) is 11.3. The van der Waals surface area contributed by atoms with E-state index >= 15 is 0 Å². The highest BCUT2D eigenvalue weighted by molar-refractivity contribution is 5.48. The molecule has 2 heteroatoms. The van der Waals surface area contributed by atoms with Gasteiger partial charge in [-0.15, -0.1) is 0 Å². The number of rotatable bonds is 4. The molecule has 2 nitrogen and oxygen atoms in total. The lowest BCUT2D eigenvalue weighted by Gasteiger charge is -2.10. The van der Waals surface area contributed by atoms with Crippen molar-refractivity contribution in [1.82, 2.24) is 4.98 Å². The van der Waals surface area contributed by atoms with Gasteiger partial charge < -0.3 is 5.32 Å². The Bertz CT molecular complexity index is 501. The number of aryl methyl sites for hydroxylation is 1. The Balaban J connectivity index is 2.00. The molecule has 0 amide bonds. The molecule has 0 bridgehead atoms. The lowest BCUT2D eigenvalue weighted by atomic mass is 10.0. The molecule has 94 valence electrons. The molecule has 0 atom stereocenters. The summed E-state index contributed by atoms with van der Waals surface area (Å²) in [4.78, 5) is 4.13. The lowest BCUT2D eigenvalue weighted by molar-refractivity contribution is 0.865. The first-order valence-corrected chi connectivity index (χ1v) is 6.40. The largest absolute Gasteiger partial charge is 0.380 e. The summed E-state index contributed by atoms with van der Waals surface area (Å²) in [6, 6.07) is 10.8. The number of anilines is 1. The number of pyridine rings is 1. The molecule has 0 saturated carbocycles. The van der Waals surface area contributed by atoms with E-state index < -0.39 is 0 Å². The van der Waals surface area contributed by atoms with E-state index in [-0.39, 0.29) is 0 Å². The van der Waals surface area contributed by atoms with E-state index in [0.29, 0.717) is 5.92 Å². The highest BCUT2D eigenvalue weighted by Gasteiger charge is 2.00. The number of benzene rings is 1. The summed E-state index contributed by atoms with van der Waals surface area (Å²) in [6.07, 6.45) is 3.69. The van der Waals surface area contributed by atoms with Gasteiger partial charge in [-0.2, -0.15) is 0 Å². The normalized spacial score (nSPS) is 10.7. The Morgan fingerprint density at radius 1 is 1.11 bits per heavy atom. The predicted octanol–water partition coefficient (Wildman–Crippen LogP) is 4.13. The van der Waals surface area contributed by atoms with Crippen LogP contribution in [0, 0.1) is 6.92 Å². The Morgan fingerprint density at radius 2 is 1.83 bits per heavy atom. The second kappa shape index (κ2) is 5.67. The third-order valence-corrected chi connectivity index (χ3v) is 3.17. The first-order valence-electron chi connectivity index (χ1n) is 6.40. The maximum absolute atomic E-state index is 4.13. The molecular weight excluding hydrogens is 220 g/mol. The fourth-order valence-corrected chi connectivity index (χ4v) is 1.87. The van der Waals surface area contributed by atoms with Crippen LogP contribution in [0.25, 0.3) is 0 Å². The van der Waals surface area contributed by atoms with E-state index in [4.69, 9.17) is 0 Å². The topological polar surface area (TPSA) is 24.9 Å². The van der Waals surface area contributed by atoms with E-state index in [0.717, 1.165) is 12.2 Å². The monoisotopic (exact) mass is 240 g/mol. The minimum absolute atomic E-state index is 0.590. The Labute approximate surface area is 109 Å². The van der Waals surface area contributed by atoms with Crippen molar-refractivity contribution >= 4 is 5.69 Å². The van der Waals surface area contributed by atoms with Crippen molar-refractivity contribution in [1.29, 1.82) is 0 Å². The van der Waals surface area contributed by atoms with Gasteiger partial charge in [0.15, 0.2) is 0 Å². The number of nitrogens with one attached hydrogen (secondary N) is 1. The average molecular weight is 240 g/mol. The van der Waals surface area contributed by atoms with Crippen molar-refractivity contribution in [2.75, 3.05) is 5.32 Å². The molecule has 0 saturated heterocycles. The van der Waals surface area contributed by atoms with Gasteiger partial charge in [-0.3, -0.25) is 4.98 Å². The van der Waals surface area contributed by atoms with Crippen LogP contribution < -0.4 is 5.32 Å². The van der Waals surface area contributed by atoms with Crippen LogP contribution in [0.2, 0.25) is 0 Å². The summed E-state index contributed by atoms with van der Waals surface area (Å²) in [5, 5.41) is 3.42. The molecule has 1 heterocycles. The zero-order chi connectivity index (χ0) is 13.0. The molecule has 0 aliphatic heterocycles. The van der Waals surface area contributed by atoms with Gasteiger partial charge in [-0.1, -0.05) is 38.1 Å². The molecule has 0 spiro atoms. The first-order chi connectivity index (χ1) is 8.66. The van der Waals surface area contributed by atoms with Crippen LogP contribution in [0.1, 0.15) is 36.5 Å². The Kier molecular flexibility index (Phi) is 3.98. The second-order valence-electron chi connectivity index (χ2n) is 4.94. The molecule has 0 unspecified atom stereocenters. The van der Waals surface area contributed by atoms with Crippen molar-refractivity contribution < 1.29 is 0 Å². The summed E-state index contributed by atoms with van der Waals surface area (Å²) in [6.45, 7) is 7.36. The fraction of sp³-hybridized carbons (Fsp3) is 0.312. The minimum Gasteiger partial charge on any atom is -0.380 e. The Hall–Kier alpha value is -1.83. The van der Waals surface area contributed by atoms with Crippen LogP contribution in [0.5, 0.6) is 0 Å². The van der Waals surface area contributed by atoms with Gasteiger partial charge in [0.1, 0.15) is 0 Å². The van der Waals surface area contributed by atoms with Crippen LogP contribution in [0.3, 0.4) is 0 Å². The maximum atomic E-state index is 4.13. The third kappa shape index (κ3) is 3.10. The van der Waals surface area contributed by atoms with Gasteiger partial charge in [-0.05, 0) is 35.6 Å². The Morgan fingerprint density at radius 3 is 2.44 bits per heavy atom. The molecule has 1 aromatic carbocycles. The molecule has 0 aliphatic carbocycles. The van der Waals surface area contributed by atoms with Crippen molar-refractivity contribution in [2.45, 2.75) is 33.2 Å². The van der Waals surface area contributed by atoms with Crippen molar-refractivity contribution in [3.8, 4) is 0 Å². The summed E-state index contributed by atoms with van der Waals surface area (Å²) in [5.74, 6) is 0.590. The van der Waals surface area contributed by atoms with E-state index in [9.17, 15) is 0 Å². The van der Waals surface area contributed by atoms with E-state index in [1.807, 2.05) is 18.5 Å². The van der Waals surface area contributed by atoms with E-state index in [1.54, 1.807) is 0 Å². The van der Waals surface area contributed by atoms with Gasteiger partial charge in [0, 0.05) is 12.7 Å². The lowest BCUT2D eigenvalue weighted by Crippen LogP contribution is -2.01. The molecule has 1 aromatic heterocycles. The molecule has 0 aliphatic rings. The maximum Gasteiger partial charge on any atom is 0.0559 e. The molecule has 1 N–H and O–H groups in total. The van der Waals surface area contributed by atoms with Crippen LogP contribution in [0.15, 0.2) is 42.7 Å². The highest BCUT2D eigenvalue weighted by atomic mass is 14.9. The van der Waals surface area contributed by atoms with E-state index in [2.05, 4.69) is 55.3 Å². The third-order valence-electron chi connectivity index (χ3n) is 3.17. The first kappa shape index (κ1) is 12.6. The average Bonchev–Trinajstić information content (AvgIpc) is 2.38. The molecule has 2 aromatic rings. The van der Waals surface area contributed by atoms with Crippen molar-refractivity contribution in [3.63, 3.8) is 0 Å². The summed E-state index contributed by atoms with van der Waals surface area (Å²) < 4.78 is 0. The van der Waals surface area contributed by atoms with Gasteiger partial charge in [-0.25, -0.2) is 0 Å². The van der Waals surface area contributed by atoms with Gasteiger partial charge in [0.25, 0.3) is 0 Å². The highest BCUT2D eigenvalue weighted by Crippen LogP contribution is 2.16. The smallest absolute Gasteiger partial charge is 0.0559 e. The van der Waals surface area contributed by atoms with Crippen LogP contribution in [-0.4, -0.2) is 4.98 Å². The molecule has 0 fully saturated rings.